The third-order valence-corrected chi connectivity index (χ3v) is 3.14. The van der Waals surface area contributed by atoms with Crippen LogP contribution in [0.15, 0.2) is 25.3 Å². The molecule has 0 rings (SSSR count). The maximum Gasteiger partial charge on any atom is 0.102 e. The van der Waals surface area contributed by atoms with E-state index in [4.69, 9.17) is 4.74 Å². The molecule has 0 aromatic carbocycles. The van der Waals surface area contributed by atoms with Gasteiger partial charge in [-0.2, -0.15) is 0 Å². The SMILES string of the molecule is C=CC[N+](C)(C)CCCOCC[N+](C)(C)CC=C.[Br-].[Br-]. The van der Waals surface area contributed by atoms with Gasteiger partial charge in [-0.05, 0) is 12.2 Å². The van der Waals surface area contributed by atoms with E-state index in [9.17, 15) is 0 Å². The standard InChI is InChI=1S/C15H32N2O.2BrH/c1-7-10-16(3,4)12-9-14-18-15-13-17(5,6)11-8-2;;/h7-8H,1-2,9-15H2,3-6H3;2*1H/q+2;;/p-2. The van der Waals surface area contributed by atoms with Gasteiger partial charge < -0.3 is 47.7 Å². The number of likely N-dealkylation sites (N-methyl/N-ethyl adjacent to an activating group) is 2. The molecule has 0 aliphatic heterocycles. The third-order valence-electron chi connectivity index (χ3n) is 3.14. The van der Waals surface area contributed by atoms with Crippen LogP contribution in [0.4, 0.5) is 0 Å². The smallest absolute Gasteiger partial charge is 0.102 e. The van der Waals surface area contributed by atoms with E-state index in [1.807, 2.05) is 12.2 Å². The van der Waals surface area contributed by atoms with E-state index >= 15 is 0 Å². The first kappa shape index (κ1) is 25.3. The van der Waals surface area contributed by atoms with E-state index in [1.54, 1.807) is 0 Å². The Balaban J connectivity index is -0.00000144. The molecule has 0 aliphatic carbocycles. The summed E-state index contributed by atoms with van der Waals surface area (Å²) in [6.07, 6.45) is 5.06. The highest BCUT2D eigenvalue weighted by molar-refractivity contribution is 4.65. The molecule has 122 valence electrons. The van der Waals surface area contributed by atoms with Crippen molar-refractivity contribution in [1.82, 2.24) is 0 Å². The fourth-order valence-electron chi connectivity index (χ4n) is 1.89. The van der Waals surface area contributed by atoms with Crippen molar-refractivity contribution in [3.63, 3.8) is 0 Å². The first-order valence-electron chi connectivity index (χ1n) is 6.76. The molecule has 0 radical (unpaired) electrons. The molecule has 0 saturated carbocycles. The van der Waals surface area contributed by atoms with Crippen LogP contribution in [0.5, 0.6) is 0 Å². The summed E-state index contributed by atoms with van der Waals surface area (Å²) < 4.78 is 7.64. The maximum absolute atomic E-state index is 5.70. The summed E-state index contributed by atoms with van der Waals surface area (Å²) in [5.41, 5.74) is 0. The van der Waals surface area contributed by atoms with Gasteiger partial charge in [0, 0.05) is 6.42 Å². The van der Waals surface area contributed by atoms with Crippen molar-refractivity contribution in [3.8, 4) is 0 Å². The number of halogens is 2. The highest BCUT2D eigenvalue weighted by Gasteiger charge is 2.13. The molecule has 0 unspecified atom stereocenters. The number of rotatable bonds is 11. The number of nitrogens with zero attached hydrogens (tertiary/aromatic N) is 2. The third kappa shape index (κ3) is 14.7. The molecule has 0 atom stereocenters. The van der Waals surface area contributed by atoms with Crippen LogP contribution in [0.3, 0.4) is 0 Å². The zero-order valence-corrected chi connectivity index (χ0v) is 16.7. The average Bonchev–Trinajstić information content (AvgIpc) is 2.22. The average molecular weight is 416 g/mol. The number of ether oxygens (including phenoxy) is 1. The van der Waals surface area contributed by atoms with Gasteiger partial charge >= 0.3 is 0 Å². The maximum atomic E-state index is 5.70. The van der Waals surface area contributed by atoms with E-state index in [0.29, 0.717) is 0 Å². The summed E-state index contributed by atoms with van der Waals surface area (Å²) in [6.45, 7) is 13.4. The Morgan fingerprint density at radius 1 is 0.800 bits per heavy atom. The summed E-state index contributed by atoms with van der Waals surface area (Å²) in [7, 11) is 8.86. The fraction of sp³-hybridized carbons (Fsp3) is 0.733. The quantitative estimate of drug-likeness (QED) is 0.189. The summed E-state index contributed by atoms with van der Waals surface area (Å²) in [5, 5.41) is 0. The van der Waals surface area contributed by atoms with Crippen molar-refractivity contribution in [2.75, 3.05) is 67.6 Å². The number of hydrogen-bond donors (Lipinski definition) is 0. The molecule has 0 aromatic rings. The Bertz CT molecular complexity index is 230. The topological polar surface area (TPSA) is 9.23 Å². The second kappa shape index (κ2) is 13.0. The van der Waals surface area contributed by atoms with Crippen LogP contribution >= 0.6 is 0 Å². The van der Waals surface area contributed by atoms with Crippen molar-refractivity contribution < 1.29 is 47.7 Å². The van der Waals surface area contributed by atoms with Crippen LogP contribution in [-0.2, 0) is 4.74 Å². The van der Waals surface area contributed by atoms with E-state index in [0.717, 1.165) is 54.8 Å². The Labute approximate surface area is 147 Å². The second-order valence-electron chi connectivity index (χ2n) is 6.23. The largest absolute Gasteiger partial charge is 1.00 e. The van der Waals surface area contributed by atoms with Crippen LogP contribution in [0.25, 0.3) is 0 Å². The Hall–Kier alpha value is 0.320. The van der Waals surface area contributed by atoms with Crippen LogP contribution in [0.2, 0.25) is 0 Å². The fourth-order valence-corrected chi connectivity index (χ4v) is 1.89. The van der Waals surface area contributed by atoms with Gasteiger partial charge in [-0.15, -0.1) is 0 Å². The van der Waals surface area contributed by atoms with E-state index in [1.165, 1.54) is 0 Å². The van der Waals surface area contributed by atoms with Gasteiger partial charge in [0.1, 0.15) is 6.54 Å². The van der Waals surface area contributed by atoms with E-state index < -0.39 is 0 Å². The summed E-state index contributed by atoms with van der Waals surface area (Å²) >= 11 is 0. The predicted molar refractivity (Wildman–Crippen MR) is 79.5 cm³/mol. The van der Waals surface area contributed by atoms with Gasteiger partial charge in [0.15, 0.2) is 0 Å². The normalized spacial score (nSPS) is 11.2. The zero-order chi connectivity index (χ0) is 14.1. The van der Waals surface area contributed by atoms with Crippen molar-refractivity contribution in [2.45, 2.75) is 6.42 Å². The summed E-state index contributed by atoms with van der Waals surface area (Å²) in [4.78, 5) is 0. The predicted octanol–water partition coefficient (Wildman–Crippen LogP) is -4.07. The molecule has 3 nitrogen and oxygen atoms in total. The van der Waals surface area contributed by atoms with Gasteiger partial charge in [0.05, 0.1) is 61.0 Å². The Morgan fingerprint density at radius 2 is 1.25 bits per heavy atom. The minimum atomic E-state index is 0. The van der Waals surface area contributed by atoms with Crippen molar-refractivity contribution >= 4 is 0 Å². The lowest BCUT2D eigenvalue weighted by molar-refractivity contribution is -0.886. The highest BCUT2D eigenvalue weighted by Crippen LogP contribution is 2.00. The van der Waals surface area contributed by atoms with Gasteiger partial charge in [-0.1, -0.05) is 13.2 Å². The highest BCUT2D eigenvalue weighted by atomic mass is 79.9. The van der Waals surface area contributed by atoms with E-state index in [2.05, 4.69) is 41.3 Å². The van der Waals surface area contributed by atoms with Crippen LogP contribution in [0.1, 0.15) is 6.42 Å². The molecule has 5 heteroatoms. The molecule has 0 saturated heterocycles. The van der Waals surface area contributed by atoms with Crippen LogP contribution < -0.4 is 34.0 Å². The van der Waals surface area contributed by atoms with E-state index in [-0.39, 0.29) is 34.0 Å². The lowest BCUT2D eigenvalue weighted by Crippen LogP contribution is -3.00. The molecule has 0 bridgehead atoms. The summed E-state index contributed by atoms with van der Waals surface area (Å²) in [6, 6.07) is 0. The zero-order valence-electron chi connectivity index (χ0n) is 13.6. The Morgan fingerprint density at radius 3 is 1.70 bits per heavy atom. The Kier molecular flexibility index (Phi) is 16.5. The molecule has 0 aliphatic rings. The molecule has 0 spiro atoms. The molecular weight excluding hydrogens is 384 g/mol. The van der Waals surface area contributed by atoms with Crippen LogP contribution in [-0.4, -0.2) is 76.5 Å². The molecule has 20 heavy (non-hydrogen) atoms. The minimum Gasteiger partial charge on any atom is -1.00 e. The minimum absolute atomic E-state index is 0. The molecule has 0 aromatic heterocycles. The lowest BCUT2D eigenvalue weighted by atomic mass is 10.3. The molecule has 0 fully saturated rings. The van der Waals surface area contributed by atoms with Crippen LogP contribution in [0, 0.1) is 0 Å². The summed E-state index contributed by atoms with van der Waals surface area (Å²) in [5.74, 6) is 0. The first-order chi connectivity index (χ1) is 8.33. The molecule has 0 amide bonds. The van der Waals surface area contributed by atoms with Crippen molar-refractivity contribution in [3.05, 3.63) is 25.3 Å². The second-order valence-corrected chi connectivity index (χ2v) is 6.23. The van der Waals surface area contributed by atoms with Crippen molar-refractivity contribution in [1.29, 1.82) is 0 Å². The van der Waals surface area contributed by atoms with Crippen molar-refractivity contribution in [2.24, 2.45) is 0 Å². The van der Waals surface area contributed by atoms with Gasteiger partial charge in [0.2, 0.25) is 0 Å². The monoisotopic (exact) mass is 414 g/mol. The van der Waals surface area contributed by atoms with Gasteiger partial charge in [0.25, 0.3) is 0 Å². The molecular formula is C15H32Br2N2O. The molecule has 0 N–H and O–H groups in total. The van der Waals surface area contributed by atoms with Gasteiger partial charge in [-0.3, -0.25) is 0 Å². The lowest BCUT2D eigenvalue weighted by Gasteiger charge is -2.29. The number of quaternary nitrogens is 2. The number of hydrogen-bond acceptors (Lipinski definition) is 1. The first-order valence-corrected chi connectivity index (χ1v) is 6.76. The molecule has 0 heterocycles. The van der Waals surface area contributed by atoms with Gasteiger partial charge in [-0.25, -0.2) is 0 Å².